The molecule has 0 bridgehead atoms. The van der Waals surface area contributed by atoms with Crippen LogP contribution in [0, 0.1) is 0 Å². The van der Waals surface area contributed by atoms with Gasteiger partial charge < -0.3 is 5.11 Å². The molecule has 2 N–H and O–H groups in total. The number of hydrogen-bond acceptors (Lipinski definition) is 3. The highest BCUT2D eigenvalue weighted by Crippen LogP contribution is 2.29. The molecule has 130 valence electrons. The maximum absolute atomic E-state index is 11.9. The Morgan fingerprint density at radius 3 is 2.50 bits per heavy atom. The van der Waals surface area contributed by atoms with Crippen molar-refractivity contribution in [3.05, 3.63) is 95.1 Å². The molecule has 0 aliphatic heterocycles. The van der Waals surface area contributed by atoms with Crippen molar-refractivity contribution in [2.75, 3.05) is 0 Å². The largest absolute Gasteiger partial charge is 0.478 e. The van der Waals surface area contributed by atoms with Gasteiger partial charge in [-0.25, -0.2) is 10.2 Å². The Bertz CT molecular complexity index is 881. The Kier molecular flexibility index (Phi) is 5.39. The van der Waals surface area contributed by atoms with Crippen LogP contribution in [0.15, 0.2) is 83.5 Å². The third-order valence-electron chi connectivity index (χ3n) is 4.08. The molecule has 1 aliphatic carbocycles. The first-order chi connectivity index (χ1) is 12.6. The van der Waals surface area contributed by atoms with Crippen LogP contribution < -0.4 is 5.43 Å². The molecule has 0 fully saturated rings. The molecule has 0 saturated carbocycles. The van der Waals surface area contributed by atoms with E-state index in [-0.39, 0.29) is 23.8 Å². The van der Waals surface area contributed by atoms with E-state index in [1.807, 2.05) is 48.6 Å². The van der Waals surface area contributed by atoms with E-state index in [1.165, 1.54) is 0 Å². The topological polar surface area (TPSA) is 78.8 Å². The molecule has 0 spiro atoms. The quantitative estimate of drug-likeness (QED) is 0.622. The Hall–Kier alpha value is -3.47. The number of hydrazone groups is 1. The lowest BCUT2D eigenvalue weighted by Crippen LogP contribution is -2.20. The van der Waals surface area contributed by atoms with Crippen LogP contribution in [-0.4, -0.2) is 23.2 Å². The number of hydrogen-bond donors (Lipinski definition) is 2. The van der Waals surface area contributed by atoms with Crippen LogP contribution in [0.25, 0.3) is 0 Å². The summed E-state index contributed by atoms with van der Waals surface area (Å²) in [6.07, 6.45) is 7.74. The number of aromatic carboxylic acids is 1. The summed E-state index contributed by atoms with van der Waals surface area (Å²) in [5.41, 5.74) is 5.61. The molecule has 1 atom stereocenters. The molecule has 2 aromatic rings. The van der Waals surface area contributed by atoms with E-state index in [0.717, 1.165) is 16.7 Å². The molecule has 1 amide bonds. The maximum Gasteiger partial charge on any atom is 0.335 e. The monoisotopic (exact) mass is 346 g/mol. The number of rotatable bonds is 6. The van der Waals surface area contributed by atoms with Gasteiger partial charge in [-0.3, -0.25) is 4.79 Å². The lowest BCUT2D eigenvalue weighted by molar-refractivity contribution is -0.120. The van der Waals surface area contributed by atoms with Crippen molar-refractivity contribution in [2.24, 2.45) is 5.10 Å². The summed E-state index contributed by atoms with van der Waals surface area (Å²) in [5.74, 6) is -1.13. The molecule has 1 unspecified atom stereocenters. The minimum atomic E-state index is -0.947. The van der Waals surface area contributed by atoms with Gasteiger partial charge in [0.1, 0.15) is 0 Å². The van der Waals surface area contributed by atoms with Crippen LogP contribution in [0.3, 0.4) is 0 Å². The molecule has 0 radical (unpaired) electrons. The van der Waals surface area contributed by atoms with Crippen LogP contribution in [0.4, 0.5) is 0 Å². The summed E-state index contributed by atoms with van der Waals surface area (Å²) >= 11 is 0. The highest BCUT2D eigenvalue weighted by atomic mass is 16.4. The predicted molar refractivity (Wildman–Crippen MR) is 100 cm³/mol. The minimum Gasteiger partial charge on any atom is -0.478 e. The zero-order chi connectivity index (χ0) is 18.4. The van der Waals surface area contributed by atoms with Gasteiger partial charge >= 0.3 is 5.97 Å². The molecule has 0 heterocycles. The van der Waals surface area contributed by atoms with Crippen LogP contribution >= 0.6 is 0 Å². The van der Waals surface area contributed by atoms with Gasteiger partial charge in [-0.2, -0.15) is 5.10 Å². The zero-order valence-electron chi connectivity index (χ0n) is 14.0. The number of carboxylic acids is 1. The fraction of sp³-hybridized carbons (Fsp3) is 0.0952. The maximum atomic E-state index is 11.9. The van der Waals surface area contributed by atoms with Gasteiger partial charge in [0, 0.05) is 5.92 Å². The van der Waals surface area contributed by atoms with E-state index in [9.17, 15) is 9.59 Å². The third kappa shape index (κ3) is 4.33. The van der Waals surface area contributed by atoms with Gasteiger partial charge in [-0.15, -0.1) is 0 Å². The number of nitrogens with zero attached hydrogens (tertiary/aromatic N) is 1. The van der Waals surface area contributed by atoms with Crippen molar-refractivity contribution in [1.82, 2.24) is 5.43 Å². The predicted octanol–water partition coefficient (Wildman–Crippen LogP) is 3.31. The van der Waals surface area contributed by atoms with Crippen molar-refractivity contribution in [1.29, 1.82) is 0 Å². The van der Waals surface area contributed by atoms with Crippen molar-refractivity contribution in [2.45, 2.75) is 12.3 Å². The van der Waals surface area contributed by atoms with Crippen LogP contribution in [0.5, 0.6) is 0 Å². The molecule has 1 aliphatic rings. The lowest BCUT2D eigenvalue weighted by atomic mass is 9.94. The second-order valence-electron chi connectivity index (χ2n) is 5.91. The summed E-state index contributed by atoms with van der Waals surface area (Å²) in [7, 11) is 0. The fourth-order valence-corrected chi connectivity index (χ4v) is 2.75. The van der Waals surface area contributed by atoms with Gasteiger partial charge in [0.05, 0.1) is 18.2 Å². The standard InChI is InChI=1S/C21H18N2O3/c24-20(13-15-5-2-1-3-6-15)23-22-14-18-7-4-8-19(18)16-9-11-17(12-10-16)21(25)26/h1-12,14,19H,13H2,(H,23,24)(H,25,26)/b22-14+. The van der Waals surface area contributed by atoms with E-state index >= 15 is 0 Å². The first-order valence-corrected chi connectivity index (χ1v) is 8.21. The molecular formula is C21H18N2O3. The Balaban J connectivity index is 1.59. The van der Waals surface area contributed by atoms with E-state index in [4.69, 9.17) is 5.11 Å². The van der Waals surface area contributed by atoms with Gasteiger partial charge in [0.15, 0.2) is 0 Å². The Morgan fingerprint density at radius 1 is 1.08 bits per heavy atom. The van der Waals surface area contributed by atoms with Crippen molar-refractivity contribution >= 4 is 18.1 Å². The average molecular weight is 346 g/mol. The summed E-state index contributed by atoms with van der Waals surface area (Å²) in [6.45, 7) is 0. The third-order valence-corrected chi connectivity index (χ3v) is 4.08. The van der Waals surface area contributed by atoms with Crippen molar-refractivity contribution < 1.29 is 14.7 Å². The minimum absolute atomic E-state index is 0.00683. The summed E-state index contributed by atoms with van der Waals surface area (Å²) in [6, 6.07) is 16.2. The normalized spacial score (nSPS) is 15.8. The second-order valence-corrected chi connectivity index (χ2v) is 5.91. The molecule has 0 aromatic heterocycles. The van der Waals surface area contributed by atoms with Gasteiger partial charge in [-0.1, -0.05) is 60.7 Å². The van der Waals surface area contributed by atoms with E-state index in [0.29, 0.717) is 0 Å². The zero-order valence-corrected chi connectivity index (χ0v) is 14.0. The molecular weight excluding hydrogens is 328 g/mol. The summed E-state index contributed by atoms with van der Waals surface area (Å²) in [4.78, 5) is 22.9. The molecule has 3 rings (SSSR count). The van der Waals surface area contributed by atoms with Crippen LogP contribution in [-0.2, 0) is 11.2 Å². The highest BCUT2D eigenvalue weighted by Gasteiger charge is 2.16. The number of amides is 1. The van der Waals surface area contributed by atoms with E-state index in [1.54, 1.807) is 30.5 Å². The first-order valence-electron chi connectivity index (χ1n) is 8.21. The van der Waals surface area contributed by atoms with E-state index < -0.39 is 5.97 Å². The van der Waals surface area contributed by atoms with Crippen molar-refractivity contribution in [3.8, 4) is 0 Å². The van der Waals surface area contributed by atoms with Crippen molar-refractivity contribution in [3.63, 3.8) is 0 Å². The van der Waals surface area contributed by atoms with Gasteiger partial charge in [0.25, 0.3) is 0 Å². The number of benzene rings is 2. The number of carbonyl (C=O) groups excluding carboxylic acids is 1. The number of nitrogens with one attached hydrogen (secondary N) is 1. The molecule has 26 heavy (non-hydrogen) atoms. The number of carbonyl (C=O) groups is 2. The van der Waals surface area contributed by atoms with E-state index in [2.05, 4.69) is 10.5 Å². The van der Waals surface area contributed by atoms with Gasteiger partial charge in [-0.05, 0) is 28.8 Å². The summed E-state index contributed by atoms with van der Waals surface area (Å²) < 4.78 is 0. The molecule has 0 saturated heterocycles. The molecule has 5 heteroatoms. The SMILES string of the molecule is O=C(Cc1ccccc1)N/N=C/C1=CC=CC1c1ccc(C(=O)O)cc1. The fourth-order valence-electron chi connectivity index (χ4n) is 2.75. The molecule has 2 aromatic carbocycles. The second kappa shape index (κ2) is 8.07. The smallest absolute Gasteiger partial charge is 0.335 e. The Morgan fingerprint density at radius 2 is 1.81 bits per heavy atom. The lowest BCUT2D eigenvalue weighted by Gasteiger charge is -2.11. The van der Waals surface area contributed by atoms with Crippen LogP contribution in [0.2, 0.25) is 0 Å². The first kappa shape index (κ1) is 17.4. The van der Waals surface area contributed by atoms with Crippen LogP contribution in [0.1, 0.15) is 27.4 Å². The number of carboxylic acid groups (broad SMARTS) is 1. The molecule has 5 nitrogen and oxygen atoms in total. The summed E-state index contributed by atoms with van der Waals surface area (Å²) in [5, 5.41) is 13.0. The number of allylic oxidation sites excluding steroid dienone is 4. The Labute approximate surface area is 151 Å². The highest BCUT2D eigenvalue weighted by molar-refractivity contribution is 5.88. The average Bonchev–Trinajstić information content (AvgIpc) is 3.11. The van der Waals surface area contributed by atoms with Gasteiger partial charge in [0.2, 0.25) is 5.91 Å².